The maximum Gasteiger partial charge on any atom is 0.308 e. The number of rotatable bonds is 4. The van der Waals surface area contributed by atoms with E-state index in [1.165, 1.54) is 12.1 Å². The van der Waals surface area contributed by atoms with Crippen molar-refractivity contribution < 1.29 is 33.4 Å². The normalized spacial score (nSPS) is 10.4. The summed E-state index contributed by atoms with van der Waals surface area (Å²) in [7, 11) is 0. The number of nitrogens with zero attached hydrogens (tertiary/aromatic N) is 3. The summed E-state index contributed by atoms with van der Waals surface area (Å²) in [5, 5.41) is 7.76. The number of benzene rings is 2. The Morgan fingerprint density at radius 1 is 0.828 bits per heavy atom. The van der Waals surface area contributed by atoms with Crippen LogP contribution in [-0.4, -0.2) is 38.8 Å². The molecule has 1 aromatic heterocycles. The average molecular weight is 397 g/mol. The SMILES string of the molecule is CC(=O)Oc1cc(C(=O)n2nnc3ccccc32)cc(OC(C)=O)c1OC(C)=O. The van der Waals surface area contributed by atoms with Crippen LogP contribution in [0.2, 0.25) is 0 Å². The smallest absolute Gasteiger partial charge is 0.308 e. The highest BCUT2D eigenvalue weighted by molar-refractivity contribution is 6.01. The van der Waals surface area contributed by atoms with Crippen molar-refractivity contribution in [3.05, 3.63) is 42.0 Å². The molecule has 0 atom stereocenters. The van der Waals surface area contributed by atoms with Gasteiger partial charge in [0.15, 0.2) is 11.5 Å². The first-order chi connectivity index (χ1) is 13.8. The van der Waals surface area contributed by atoms with Crippen molar-refractivity contribution >= 4 is 34.8 Å². The van der Waals surface area contributed by atoms with Crippen molar-refractivity contribution in [2.75, 3.05) is 0 Å². The lowest BCUT2D eigenvalue weighted by atomic mass is 10.1. The zero-order valence-electron chi connectivity index (χ0n) is 15.7. The predicted octanol–water partition coefficient (Wildman–Crippen LogP) is 1.90. The van der Waals surface area contributed by atoms with Crippen molar-refractivity contribution in [1.82, 2.24) is 15.0 Å². The molecule has 0 amide bonds. The first-order valence-corrected chi connectivity index (χ1v) is 8.34. The van der Waals surface area contributed by atoms with Crippen LogP contribution in [0.1, 0.15) is 31.1 Å². The average Bonchev–Trinajstić information content (AvgIpc) is 3.06. The topological polar surface area (TPSA) is 127 Å². The Hall–Kier alpha value is -4.08. The molecule has 29 heavy (non-hydrogen) atoms. The number of aromatic nitrogens is 3. The lowest BCUT2D eigenvalue weighted by molar-refractivity contribution is -0.135. The Morgan fingerprint density at radius 3 is 1.93 bits per heavy atom. The van der Waals surface area contributed by atoms with Gasteiger partial charge in [-0.05, 0) is 24.3 Å². The van der Waals surface area contributed by atoms with Crippen molar-refractivity contribution in [2.45, 2.75) is 20.8 Å². The maximum absolute atomic E-state index is 13.0. The van der Waals surface area contributed by atoms with Crippen LogP contribution in [0.4, 0.5) is 0 Å². The molecule has 1 heterocycles. The highest BCUT2D eigenvalue weighted by Gasteiger charge is 2.24. The molecule has 0 unspecified atom stereocenters. The van der Waals surface area contributed by atoms with Crippen LogP contribution in [0.3, 0.4) is 0 Å². The second-order valence-corrected chi connectivity index (χ2v) is 5.88. The second-order valence-electron chi connectivity index (χ2n) is 5.88. The Morgan fingerprint density at radius 2 is 1.38 bits per heavy atom. The number of ether oxygens (including phenoxy) is 3. The van der Waals surface area contributed by atoms with Crippen LogP contribution in [0.5, 0.6) is 17.2 Å². The summed E-state index contributed by atoms with van der Waals surface area (Å²) in [5.74, 6) is -3.67. The van der Waals surface area contributed by atoms with E-state index >= 15 is 0 Å². The standard InChI is InChI=1S/C19H15N3O7/c1-10(23)27-16-8-13(9-17(28-11(2)24)18(16)29-12(3)25)19(26)22-15-7-5-4-6-14(15)20-21-22/h4-9H,1-3H3. The molecule has 0 aliphatic heterocycles. The van der Waals surface area contributed by atoms with E-state index in [4.69, 9.17) is 14.2 Å². The van der Waals surface area contributed by atoms with Gasteiger partial charge in [-0.25, -0.2) is 0 Å². The highest BCUT2D eigenvalue weighted by Crippen LogP contribution is 2.39. The quantitative estimate of drug-likeness (QED) is 0.479. The fraction of sp³-hybridized carbons (Fsp3) is 0.158. The summed E-state index contributed by atoms with van der Waals surface area (Å²) in [6.45, 7) is 3.38. The molecule has 148 valence electrons. The van der Waals surface area contributed by atoms with E-state index in [1.807, 2.05) is 0 Å². The summed E-state index contributed by atoms with van der Waals surface area (Å²) in [5.41, 5.74) is 0.909. The summed E-state index contributed by atoms with van der Waals surface area (Å²) in [6, 6.07) is 9.17. The van der Waals surface area contributed by atoms with E-state index in [1.54, 1.807) is 24.3 Å². The fourth-order valence-electron chi connectivity index (χ4n) is 2.55. The van der Waals surface area contributed by atoms with Gasteiger partial charge in [0, 0.05) is 26.3 Å². The third kappa shape index (κ3) is 4.26. The Bertz CT molecular complexity index is 1110. The molecule has 3 aromatic rings. The van der Waals surface area contributed by atoms with E-state index in [-0.39, 0.29) is 22.8 Å². The van der Waals surface area contributed by atoms with Gasteiger partial charge in [-0.15, -0.1) is 5.10 Å². The number of hydrogen-bond acceptors (Lipinski definition) is 9. The van der Waals surface area contributed by atoms with E-state index in [0.29, 0.717) is 11.0 Å². The number of fused-ring (bicyclic) bond motifs is 1. The minimum atomic E-state index is -0.742. The number of hydrogen-bond donors (Lipinski definition) is 0. The molecular weight excluding hydrogens is 382 g/mol. The van der Waals surface area contributed by atoms with Crippen LogP contribution in [-0.2, 0) is 14.4 Å². The Labute approximate surface area is 164 Å². The van der Waals surface area contributed by atoms with Crippen LogP contribution in [0, 0.1) is 0 Å². The molecule has 0 saturated carbocycles. The van der Waals surface area contributed by atoms with Gasteiger partial charge in [-0.3, -0.25) is 19.2 Å². The number of para-hydroxylation sites is 1. The van der Waals surface area contributed by atoms with Gasteiger partial charge in [0.25, 0.3) is 5.91 Å². The number of carbonyl (C=O) groups is 4. The van der Waals surface area contributed by atoms with Crippen molar-refractivity contribution in [2.24, 2.45) is 0 Å². The van der Waals surface area contributed by atoms with E-state index in [9.17, 15) is 19.2 Å². The third-order valence-corrected chi connectivity index (χ3v) is 3.57. The Kier molecular flexibility index (Phi) is 5.35. The van der Waals surface area contributed by atoms with Crippen molar-refractivity contribution in [3.63, 3.8) is 0 Å². The Balaban J connectivity index is 2.17. The molecule has 0 bridgehead atoms. The van der Waals surface area contributed by atoms with Gasteiger partial charge in [-0.1, -0.05) is 17.3 Å². The van der Waals surface area contributed by atoms with Crippen molar-refractivity contribution in [1.29, 1.82) is 0 Å². The van der Waals surface area contributed by atoms with Crippen LogP contribution in [0.15, 0.2) is 36.4 Å². The van der Waals surface area contributed by atoms with Gasteiger partial charge < -0.3 is 14.2 Å². The zero-order chi connectivity index (χ0) is 21.1. The summed E-state index contributed by atoms with van der Waals surface area (Å²) < 4.78 is 16.2. The molecule has 10 nitrogen and oxygen atoms in total. The minimum Gasteiger partial charge on any atom is -0.423 e. The summed E-state index contributed by atoms with van der Waals surface area (Å²) in [6.07, 6.45) is 0. The molecule has 0 aliphatic rings. The monoisotopic (exact) mass is 397 g/mol. The minimum absolute atomic E-state index is 0.0379. The van der Waals surface area contributed by atoms with Crippen LogP contribution < -0.4 is 14.2 Å². The predicted molar refractivity (Wildman–Crippen MR) is 97.6 cm³/mol. The summed E-state index contributed by atoms with van der Waals surface area (Å²) in [4.78, 5) is 47.4. The molecule has 10 heteroatoms. The lowest BCUT2D eigenvalue weighted by Gasteiger charge is -2.14. The van der Waals surface area contributed by atoms with Crippen LogP contribution >= 0.6 is 0 Å². The van der Waals surface area contributed by atoms with Gasteiger partial charge >= 0.3 is 17.9 Å². The van der Waals surface area contributed by atoms with Gasteiger partial charge in [0.2, 0.25) is 5.75 Å². The molecular formula is C19H15N3O7. The maximum atomic E-state index is 13.0. The molecule has 3 rings (SSSR count). The van der Waals surface area contributed by atoms with E-state index in [0.717, 1.165) is 25.5 Å². The lowest BCUT2D eigenvalue weighted by Crippen LogP contribution is -2.16. The second kappa shape index (κ2) is 7.89. The van der Waals surface area contributed by atoms with E-state index in [2.05, 4.69) is 10.3 Å². The third-order valence-electron chi connectivity index (χ3n) is 3.57. The molecule has 0 N–H and O–H groups in total. The fourth-order valence-corrected chi connectivity index (χ4v) is 2.55. The molecule has 0 spiro atoms. The number of esters is 3. The van der Waals surface area contributed by atoms with Gasteiger partial charge in [-0.2, -0.15) is 4.68 Å². The van der Waals surface area contributed by atoms with Gasteiger partial charge in [0.05, 0.1) is 5.52 Å². The molecule has 0 radical (unpaired) electrons. The van der Waals surface area contributed by atoms with Crippen molar-refractivity contribution in [3.8, 4) is 17.2 Å². The first kappa shape index (κ1) is 19.7. The van der Waals surface area contributed by atoms with E-state index < -0.39 is 23.8 Å². The van der Waals surface area contributed by atoms with Crippen LogP contribution in [0.25, 0.3) is 11.0 Å². The largest absolute Gasteiger partial charge is 0.423 e. The number of carbonyl (C=O) groups excluding carboxylic acids is 4. The highest BCUT2D eigenvalue weighted by atomic mass is 16.6. The van der Waals surface area contributed by atoms with Gasteiger partial charge in [0.1, 0.15) is 5.52 Å². The first-order valence-electron chi connectivity index (χ1n) is 8.34. The molecule has 2 aromatic carbocycles. The molecule has 0 fully saturated rings. The molecule has 0 saturated heterocycles. The summed E-state index contributed by atoms with van der Waals surface area (Å²) >= 11 is 0. The molecule has 0 aliphatic carbocycles. The zero-order valence-corrected chi connectivity index (χ0v) is 15.7.